The van der Waals surface area contributed by atoms with Crippen LogP contribution in [-0.4, -0.2) is 25.6 Å². The first-order chi connectivity index (χ1) is 10.2. The van der Waals surface area contributed by atoms with Crippen molar-refractivity contribution in [2.75, 3.05) is 19.0 Å². The van der Waals surface area contributed by atoms with Gasteiger partial charge in [0.05, 0.1) is 25.7 Å². The van der Waals surface area contributed by atoms with Crippen LogP contribution < -0.4 is 10.1 Å². The molecule has 0 radical (unpaired) electrons. The number of methoxy groups -OCH3 is 1. The van der Waals surface area contributed by atoms with Crippen molar-refractivity contribution >= 4 is 28.2 Å². The molecule has 2 aromatic rings. The zero-order valence-corrected chi connectivity index (χ0v) is 12.3. The van der Waals surface area contributed by atoms with E-state index in [0.717, 1.165) is 5.75 Å². The summed E-state index contributed by atoms with van der Waals surface area (Å²) in [6.45, 7) is 0.273. The van der Waals surface area contributed by atoms with Crippen molar-refractivity contribution in [3.8, 4) is 5.75 Å². The highest BCUT2D eigenvalue weighted by atomic mass is 32.1. The Morgan fingerprint density at radius 1 is 1.19 bits per heavy atom. The summed E-state index contributed by atoms with van der Waals surface area (Å²) in [7, 11) is 1.30. The van der Waals surface area contributed by atoms with Gasteiger partial charge in [-0.15, -0.1) is 11.3 Å². The molecule has 0 unspecified atom stereocenters. The van der Waals surface area contributed by atoms with Gasteiger partial charge in [0, 0.05) is 0 Å². The third-order valence-electron chi connectivity index (χ3n) is 2.66. The van der Waals surface area contributed by atoms with Gasteiger partial charge in [0.2, 0.25) is 5.91 Å². The summed E-state index contributed by atoms with van der Waals surface area (Å²) in [5.41, 5.74) is 0.361. The molecule has 0 aliphatic heterocycles. The molecule has 21 heavy (non-hydrogen) atoms. The zero-order chi connectivity index (χ0) is 15.1. The maximum Gasteiger partial charge on any atom is 0.340 e. The molecule has 0 saturated heterocycles. The van der Waals surface area contributed by atoms with Crippen molar-refractivity contribution < 1.29 is 19.1 Å². The van der Waals surface area contributed by atoms with Crippen LogP contribution in [0.1, 0.15) is 16.8 Å². The molecular formula is C15H15NO4S. The number of carbonyl (C=O) groups excluding carboxylic acids is 2. The Morgan fingerprint density at radius 3 is 2.67 bits per heavy atom. The van der Waals surface area contributed by atoms with Crippen molar-refractivity contribution in [2.45, 2.75) is 6.42 Å². The molecule has 1 amide bonds. The molecule has 5 nitrogen and oxygen atoms in total. The van der Waals surface area contributed by atoms with Gasteiger partial charge in [0.25, 0.3) is 0 Å². The number of rotatable bonds is 6. The monoisotopic (exact) mass is 305 g/mol. The minimum Gasteiger partial charge on any atom is -0.493 e. The molecule has 1 heterocycles. The fourth-order valence-electron chi connectivity index (χ4n) is 1.64. The van der Waals surface area contributed by atoms with Crippen LogP contribution in [0.3, 0.4) is 0 Å². The lowest BCUT2D eigenvalue weighted by atomic mass is 10.3. The highest BCUT2D eigenvalue weighted by molar-refractivity contribution is 7.14. The Balaban J connectivity index is 1.82. The molecule has 2 rings (SSSR count). The summed E-state index contributed by atoms with van der Waals surface area (Å²) in [6, 6.07) is 10.9. The summed E-state index contributed by atoms with van der Waals surface area (Å²) < 4.78 is 10.1. The predicted octanol–water partition coefficient (Wildman–Crippen LogP) is 2.94. The van der Waals surface area contributed by atoms with Gasteiger partial charge < -0.3 is 14.8 Å². The number of thiophene rings is 1. The molecule has 0 bridgehead atoms. The predicted molar refractivity (Wildman–Crippen MR) is 80.8 cm³/mol. The average molecular weight is 305 g/mol. The number of nitrogens with one attached hydrogen (secondary N) is 1. The number of anilines is 1. The molecule has 6 heteroatoms. The van der Waals surface area contributed by atoms with Gasteiger partial charge in [-0.05, 0) is 23.6 Å². The van der Waals surface area contributed by atoms with E-state index in [2.05, 4.69) is 10.1 Å². The molecule has 0 atom stereocenters. The lowest BCUT2D eigenvalue weighted by Gasteiger charge is -2.07. The first kappa shape index (κ1) is 15.1. The largest absolute Gasteiger partial charge is 0.493 e. The Labute approximate surface area is 126 Å². The molecule has 0 saturated carbocycles. The van der Waals surface area contributed by atoms with Crippen LogP contribution in [0, 0.1) is 0 Å². The molecular weight excluding hydrogens is 290 g/mol. The van der Waals surface area contributed by atoms with Crippen LogP contribution in [0.15, 0.2) is 41.8 Å². The van der Waals surface area contributed by atoms with Crippen molar-refractivity contribution in [3.05, 3.63) is 47.3 Å². The van der Waals surface area contributed by atoms with Gasteiger partial charge in [0.15, 0.2) is 0 Å². The van der Waals surface area contributed by atoms with E-state index < -0.39 is 5.97 Å². The van der Waals surface area contributed by atoms with Gasteiger partial charge in [0.1, 0.15) is 10.8 Å². The first-order valence-electron chi connectivity index (χ1n) is 6.34. The summed E-state index contributed by atoms with van der Waals surface area (Å²) in [5, 5.41) is 4.91. The van der Waals surface area contributed by atoms with E-state index in [1.165, 1.54) is 18.4 Å². The number of hydrogen-bond acceptors (Lipinski definition) is 5. The average Bonchev–Trinajstić information content (AvgIpc) is 2.95. The lowest BCUT2D eigenvalue weighted by molar-refractivity contribution is -0.116. The maximum absolute atomic E-state index is 11.8. The Bertz CT molecular complexity index is 609. The van der Waals surface area contributed by atoms with E-state index in [1.54, 1.807) is 11.4 Å². The highest BCUT2D eigenvalue weighted by Crippen LogP contribution is 2.24. The third-order valence-corrected chi connectivity index (χ3v) is 3.49. The SMILES string of the molecule is COC(=O)c1ccsc1NC(=O)CCOc1ccccc1. The van der Waals surface area contributed by atoms with E-state index in [1.807, 2.05) is 30.3 Å². The minimum absolute atomic E-state index is 0.202. The Hall–Kier alpha value is -2.34. The number of para-hydroxylation sites is 1. The van der Waals surface area contributed by atoms with Crippen molar-refractivity contribution in [1.82, 2.24) is 0 Å². The number of carbonyl (C=O) groups is 2. The second-order valence-electron chi connectivity index (χ2n) is 4.11. The number of benzene rings is 1. The molecule has 0 fully saturated rings. The molecule has 1 N–H and O–H groups in total. The summed E-state index contributed by atoms with van der Waals surface area (Å²) in [5.74, 6) is 0.0438. The van der Waals surface area contributed by atoms with Gasteiger partial charge in [-0.25, -0.2) is 4.79 Å². The minimum atomic E-state index is -0.466. The highest BCUT2D eigenvalue weighted by Gasteiger charge is 2.15. The molecule has 0 spiro atoms. The molecule has 1 aromatic heterocycles. The fraction of sp³-hybridized carbons (Fsp3) is 0.200. The third kappa shape index (κ3) is 4.32. The van der Waals surface area contributed by atoms with Crippen LogP contribution in [-0.2, 0) is 9.53 Å². The van der Waals surface area contributed by atoms with E-state index in [0.29, 0.717) is 10.6 Å². The van der Waals surface area contributed by atoms with Gasteiger partial charge in [-0.2, -0.15) is 0 Å². The first-order valence-corrected chi connectivity index (χ1v) is 7.22. The topological polar surface area (TPSA) is 64.6 Å². The summed E-state index contributed by atoms with van der Waals surface area (Å²) in [4.78, 5) is 23.3. The van der Waals surface area contributed by atoms with Gasteiger partial charge in [-0.1, -0.05) is 18.2 Å². The van der Waals surface area contributed by atoms with E-state index in [9.17, 15) is 9.59 Å². The van der Waals surface area contributed by atoms with E-state index >= 15 is 0 Å². The van der Waals surface area contributed by atoms with Crippen molar-refractivity contribution in [1.29, 1.82) is 0 Å². The normalized spacial score (nSPS) is 9.95. The Morgan fingerprint density at radius 2 is 1.95 bits per heavy atom. The molecule has 1 aromatic carbocycles. The van der Waals surface area contributed by atoms with Crippen molar-refractivity contribution in [2.24, 2.45) is 0 Å². The molecule has 0 aliphatic rings. The molecule has 0 aliphatic carbocycles. The second kappa shape index (κ2) is 7.44. The van der Waals surface area contributed by atoms with E-state index in [4.69, 9.17) is 4.74 Å². The van der Waals surface area contributed by atoms with E-state index in [-0.39, 0.29) is 18.9 Å². The number of hydrogen-bond donors (Lipinski definition) is 1. The summed E-state index contributed by atoms with van der Waals surface area (Å²) in [6.07, 6.45) is 0.202. The maximum atomic E-state index is 11.8. The number of esters is 1. The van der Waals surface area contributed by atoms with Crippen LogP contribution in [0.4, 0.5) is 5.00 Å². The van der Waals surface area contributed by atoms with Crippen LogP contribution in [0.2, 0.25) is 0 Å². The second-order valence-corrected chi connectivity index (χ2v) is 5.03. The zero-order valence-electron chi connectivity index (χ0n) is 11.5. The van der Waals surface area contributed by atoms with Crippen LogP contribution in [0.5, 0.6) is 5.75 Å². The van der Waals surface area contributed by atoms with Gasteiger partial charge in [-0.3, -0.25) is 4.79 Å². The van der Waals surface area contributed by atoms with Crippen LogP contribution in [0.25, 0.3) is 0 Å². The number of amides is 1. The molecule has 110 valence electrons. The van der Waals surface area contributed by atoms with Crippen molar-refractivity contribution in [3.63, 3.8) is 0 Å². The lowest BCUT2D eigenvalue weighted by Crippen LogP contribution is -2.16. The van der Waals surface area contributed by atoms with Crippen LogP contribution >= 0.6 is 11.3 Å². The quantitative estimate of drug-likeness (QED) is 0.833. The smallest absolute Gasteiger partial charge is 0.340 e. The summed E-state index contributed by atoms with van der Waals surface area (Å²) >= 11 is 1.28. The Kier molecular flexibility index (Phi) is 5.34. The number of ether oxygens (including phenoxy) is 2. The van der Waals surface area contributed by atoms with Gasteiger partial charge >= 0.3 is 5.97 Å². The standard InChI is InChI=1S/C15H15NO4S/c1-19-15(18)12-8-10-21-14(12)16-13(17)7-9-20-11-5-3-2-4-6-11/h2-6,8,10H,7,9H2,1H3,(H,16,17). The fourth-order valence-corrected chi connectivity index (χ4v) is 2.44.